The molecule has 4 nitrogen and oxygen atoms in total. The normalized spacial score (nSPS) is 25.1. The van der Waals surface area contributed by atoms with Gasteiger partial charge in [-0.3, -0.25) is 4.90 Å². The summed E-state index contributed by atoms with van der Waals surface area (Å²) in [6.07, 6.45) is 1.04. The molecule has 2 atom stereocenters. The number of piperidine rings is 1. The maximum absolute atomic E-state index is 14.7. The first kappa shape index (κ1) is 24.4. The zero-order chi connectivity index (χ0) is 24.4. The zero-order valence-electron chi connectivity index (χ0n) is 19.9. The van der Waals surface area contributed by atoms with E-state index in [0.717, 1.165) is 43.6 Å². The summed E-state index contributed by atoms with van der Waals surface area (Å²) in [6.45, 7) is 4.40. The van der Waals surface area contributed by atoms with Gasteiger partial charge in [0.05, 0.1) is 24.5 Å². The van der Waals surface area contributed by atoms with E-state index >= 15 is 0 Å². The predicted molar refractivity (Wildman–Crippen MR) is 129 cm³/mol. The van der Waals surface area contributed by atoms with Crippen LogP contribution in [0.25, 0.3) is 0 Å². The van der Waals surface area contributed by atoms with Gasteiger partial charge in [0.2, 0.25) is 0 Å². The van der Waals surface area contributed by atoms with Crippen LogP contribution in [0.15, 0.2) is 42.5 Å². The first-order chi connectivity index (χ1) is 16.9. The van der Waals surface area contributed by atoms with Crippen LogP contribution in [-0.4, -0.2) is 56.4 Å². The number of nitrogens with one attached hydrogen (secondary N) is 1. The molecular weight excluding hydrogens is 458 g/mol. The minimum absolute atomic E-state index is 0.199. The average Bonchev–Trinajstić information content (AvgIpc) is 3.09. The fraction of sp³-hybridized carbons (Fsp3) is 0.556. The Hall–Kier alpha value is -2.32. The summed E-state index contributed by atoms with van der Waals surface area (Å²) >= 11 is 0. The van der Waals surface area contributed by atoms with E-state index in [4.69, 9.17) is 4.74 Å². The van der Waals surface area contributed by atoms with Crippen LogP contribution in [0.4, 0.5) is 28.9 Å². The van der Waals surface area contributed by atoms with E-state index in [1.165, 1.54) is 25.0 Å². The van der Waals surface area contributed by atoms with Crippen molar-refractivity contribution in [2.45, 2.75) is 50.4 Å². The molecule has 2 aromatic rings. The Morgan fingerprint density at radius 3 is 2.26 bits per heavy atom. The highest BCUT2D eigenvalue weighted by molar-refractivity contribution is 5.56. The van der Waals surface area contributed by atoms with Crippen LogP contribution in [0.3, 0.4) is 0 Å². The molecule has 35 heavy (non-hydrogen) atoms. The van der Waals surface area contributed by atoms with Crippen LogP contribution in [0.5, 0.6) is 0 Å². The lowest BCUT2D eigenvalue weighted by Gasteiger charge is -2.39. The van der Waals surface area contributed by atoms with Gasteiger partial charge < -0.3 is 15.0 Å². The van der Waals surface area contributed by atoms with Gasteiger partial charge in [0.25, 0.3) is 0 Å². The zero-order valence-corrected chi connectivity index (χ0v) is 19.9. The topological polar surface area (TPSA) is 27.7 Å². The Kier molecular flexibility index (Phi) is 7.21. The Bertz CT molecular complexity index is 977. The van der Waals surface area contributed by atoms with Crippen molar-refractivity contribution < 1.29 is 22.3 Å². The number of hydrogen-bond acceptors (Lipinski definition) is 4. The second-order valence-corrected chi connectivity index (χ2v) is 10.1. The molecule has 5 rings (SSSR count). The molecule has 0 saturated carbocycles. The lowest BCUT2D eigenvalue weighted by molar-refractivity contribution is -0.137. The van der Waals surface area contributed by atoms with Crippen LogP contribution in [0.2, 0.25) is 0 Å². The van der Waals surface area contributed by atoms with Crippen LogP contribution in [0, 0.1) is 11.7 Å². The van der Waals surface area contributed by atoms with Gasteiger partial charge in [-0.15, -0.1) is 0 Å². The molecule has 2 unspecified atom stereocenters. The SMILES string of the molecule is Fc1cc(NCC2CC3CCC(C2)N3CCc2ccc(C(F)(F)F)cc2)ccc1N1CCOCC1. The molecule has 3 fully saturated rings. The number of anilines is 2. The minimum Gasteiger partial charge on any atom is -0.385 e. The van der Waals surface area contributed by atoms with Crippen molar-refractivity contribution in [3.63, 3.8) is 0 Å². The molecule has 0 aromatic heterocycles. The third kappa shape index (κ3) is 5.75. The summed E-state index contributed by atoms with van der Waals surface area (Å²) in [4.78, 5) is 4.59. The summed E-state index contributed by atoms with van der Waals surface area (Å²) < 4.78 is 58.4. The van der Waals surface area contributed by atoms with Gasteiger partial charge in [0.1, 0.15) is 5.82 Å². The van der Waals surface area contributed by atoms with Gasteiger partial charge in [0.15, 0.2) is 0 Å². The minimum atomic E-state index is -4.29. The van der Waals surface area contributed by atoms with Gasteiger partial charge in [0, 0.05) is 44.0 Å². The van der Waals surface area contributed by atoms with Gasteiger partial charge in [-0.1, -0.05) is 12.1 Å². The molecular formula is C27H33F4N3O. The summed E-state index contributed by atoms with van der Waals surface area (Å²) in [5.41, 5.74) is 1.81. The molecule has 1 N–H and O–H groups in total. The lowest BCUT2D eigenvalue weighted by atomic mass is 9.90. The first-order valence-corrected chi connectivity index (χ1v) is 12.6. The van der Waals surface area contributed by atoms with Crippen molar-refractivity contribution >= 4 is 11.4 Å². The molecule has 3 aliphatic heterocycles. The molecule has 0 aliphatic carbocycles. The molecule has 3 aliphatic rings. The summed E-state index contributed by atoms with van der Waals surface area (Å²) in [7, 11) is 0. The maximum atomic E-state index is 14.7. The van der Waals surface area contributed by atoms with Crippen molar-refractivity contribution in [2.24, 2.45) is 5.92 Å². The maximum Gasteiger partial charge on any atom is 0.416 e. The smallest absolute Gasteiger partial charge is 0.385 e. The van der Waals surface area contributed by atoms with Crippen molar-refractivity contribution in [1.82, 2.24) is 4.90 Å². The molecule has 0 spiro atoms. The number of ether oxygens (including phenoxy) is 1. The highest BCUT2D eigenvalue weighted by Crippen LogP contribution is 2.39. The van der Waals surface area contributed by atoms with Crippen LogP contribution >= 0.6 is 0 Å². The number of benzene rings is 2. The molecule has 190 valence electrons. The number of halogens is 4. The number of rotatable bonds is 7. The molecule has 0 amide bonds. The monoisotopic (exact) mass is 491 g/mol. The summed E-state index contributed by atoms with van der Waals surface area (Å²) in [5, 5.41) is 3.45. The van der Waals surface area contributed by atoms with E-state index in [1.807, 2.05) is 17.0 Å². The Morgan fingerprint density at radius 1 is 0.943 bits per heavy atom. The van der Waals surface area contributed by atoms with Crippen molar-refractivity contribution in [3.8, 4) is 0 Å². The average molecular weight is 492 g/mol. The van der Waals surface area contributed by atoms with Gasteiger partial charge in [-0.05, 0) is 73.9 Å². The molecule has 8 heteroatoms. The third-order valence-electron chi connectivity index (χ3n) is 7.82. The van der Waals surface area contributed by atoms with E-state index in [9.17, 15) is 17.6 Å². The lowest BCUT2D eigenvalue weighted by Crippen LogP contribution is -2.45. The molecule has 0 radical (unpaired) electrons. The Labute approximate surface area is 204 Å². The summed E-state index contributed by atoms with van der Waals surface area (Å²) in [5.74, 6) is 0.340. The Morgan fingerprint density at radius 2 is 1.63 bits per heavy atom. The molecule has 2 aromatic carbocycles. The highest BCUT2D eigenvalue weighted by atomic mass is 19.4. The number of nitrogens with zero attached hydrogens (tertiary/aromatic N) is 2. The molecule has 2 bridgehead atoms. The van der Waals surface area contributed by atoms with E-state index < -0.39 is 11.7 Å². The van der Waals surface area contributed by atoms with Gasteiger partial charge in [-0.2, -0.15) is 13.2 Å². The molecule has 3 saturated heterocycles. The fourth-order valence-electron chi connectivity index (χ4n) is 5.98. The third-order valence-corrected chi connectivity index (χ3v) is 7.82. The van der Waals surface area contributed by atoms with E-state index in [2.05, 4.69) is 10.2 Å². The van der Waals surface area contributed by atoms with Crippen LogP contribution in [0.1, 0.15) is 36.8 Å². The van der Waals surface area contributed by atoms with E-state index in [-0.39, 0.29) is 5.82 Å². The number of fused-ring (bicyclic) bond motifs is 2. The number of hydrogen-bond donors (Lipinski definition) is 1. The standard InChI is InChI=1S/C27H33F4N3O/c28-25-17-22(5-8-26(25)33-11-13-35-14-12-33)32-18-20-15-23-6-7-24(16-20)34(23)10-9-19-1-3-21(4-2-19)27(29,30)31/h1-5,8,17,20,23-24,32H,6-7,9-16,18H2. The second-order valence-electron chi connectivity index (χ2n) is 10.1. The van der Waals surface area contributed by atoms with Crippen LogP contribution < -0.4 is 10.2 Å². The van der Waals surface area contributed by atoms with Crippen molar-refractivity contribution in [3.05, 3.63) is 59.4 Å². The van der Waals surface area contributed by atoms with Crippen LogP contribution in [-0.2, 0) is 17.3 Å². The fourth-order valence-corrected chi connectivity index (χ4v) is 5.98. The van der Waals surface area contributed by atoms with Gasteiger partial charge in [-0.25, -0.2) is 4.39 Å². The van der Waals surface area contributed by atoms with Gasteiger partial charge >= 0.3 is 6.18 Å². The number of morpholine rings is 1. The van der Waals surface area contributed by atoms with Crippen molar-refractivity contribution in [2.75, 3.05) is 49.6 Å². The highest BCUT2D eigenvalue weighted by Gasteiger charge is 2.40. The number of alkyl halides is 3. The van der Waals surface area contributed by atoms with E-state index in [0.29, 0.717) is 50.0 Å². The second kappa shape index (κ2) is 10.3. The first-order valence-electron chi connectivity index (χ1n) is 12.6. The largest absolute Gasteiger partial charge is 0.416 e. The summed E-state index contributed by atoms with van der Waals surface area (Å²) in [6, 6.07) is 12.0. The predicted octanol–water partition coefficient (Wildman–Crippen LogP) is 5.58. The van der Waals surface area contributed by atoms with Crippen molar-refractivity contribution in [1.29, 1.82) is 0 Å². The quantitative estimate of drug-likeness (QED) is 0.512. The Balaban J connectivity index is 1.11. The molecule has 3 heterocycles. The van der Waals surface area contributed by atoms with E-state index in [1.54, 1.807) is 18.2 Å².